The van der Waals surface area contributed by atoms with Crippen LogP contribution < -0.4 is 4.74 Å². The van der Waals surface area contributed by atoms with Gasteiger partial charge in [-0.3, -0.25) is 14.8 Å². The molecule has 0 saturated carbocycles. The highest BCUT2D eigenvalue weighted by atomic mass is 32.1. The Morgan fingerprint density at radius 3 is 0.963 bits per heavy atom. The van der Waals surface area contributed by atoms with Crippen LogP contribution in [0.1, 0.15) is 104 Å². The molecule has 2 heterocycles. The first-order chi connectivity index (χ1) is 25.3. The Kier molecular flexibility index (Phi) is 15.7. The lowest BCUT2D eigenvalue weighted by atomic mass is 9.97. The summed E-state index contributed by atoms with van der Waals surface area (Å²) in [6, 6.07) is 24.1. The second-order valence-electron chi connectivity index (χ2n) is 14.6. The Labute approximate surface area is 329 Å². The molecule has 0 saturated heterocycles. The fourth-order valence-electron chi connectivity index (χ4n) is 5.36. The van der Waals surface area contributed by atoms with Gasteiger partial charge in [0, 0.05) is 20.9 Å². The van der Waals surface area contributed by atoms with Gasteiger partial charge in [-0.2, -0.15) is 0 Å². The summed E-state index contributed by atoms with van der Waals surface area (Å²) in [4.78, 5) is 23.9. The lowest BCUT2D eigenvalue weighted by Crippen LogP contribution is -2.03. The van der Waals surface area contributed by atoms with Crippen LogP contribution in [0.4, 0.5) is 0 Å². The molecule has 0 N–H and O–H groups in total. The molecule has 0 unspecified atom stereocenters. The minimum absolute atomic E-state index is 0.0983. The van der Waals surface area contributed by atoms with Crippen LogP contribution in [0, 0.1) is 111 Å². The Balaban J connectivity index is 0.000000202. The number of hydrogen-bond acceptors (Lipinski definition) is 5. The van der Waals surface area contributed by atoms with E-state index in [0.29, 0.717) is 0 Å². The molecular formula is C49H60N2O2S. The topological polar surface area (TPSA) is 52.1 Å². The predicted octanol–water partition coefficient (Wildman–Crippen LogP) is 13.6. The van der Waals surface area contributed by atoms with Crippen LogP contribution in [0.5, 0.6) is 11.5 Å². The molecular weight excluding hydrogens is 681 g/mol. The van der Waals surface area contributed by atoms with Crippen molar-refractivity contribution in [2.24, 2.45) is 0 Å². The van der Waals surface area contributed by atoms with Gasteiger partial charge in [-0.1, -0.05) is 36.4 Å². The first-order valence-electron chi connectivity index (χ1n) is 18.6. The fourth-order valence-corrected chi connectivity index (χ4v) is 6.43. The third kappa shape index (κ3) is 12.1. The number of benzene rings is 4. The molecule has 4 nitrogen and oxygen atoms in total. The number of aromatic nitrogens is 2. The van der Waals surface area contributed by atoms with E-state index in [9.17, 15) is 4.79 Å². The summed E-state index contributed by atoms with van der Waals surface area (Å²) in [5, 5.41) is 0. The Morgan fingerprint density at radius 1 is 0.407 bits per heavy atom. The molecule has 0 aliphatic rings. The zero-order valence-corrected chi connectivity index (χ0v) is 36.4. The first-order valence-corrected chi connectivity index (χ1v) is 19.4. The first kappa shape index (κ1) is 43.5. The lowest BCUT2D eigenvalue weighted by Gasteiger charge is -2.09. The quantitative estimate of drug-likeness (QED) is 0.169. The number of thiophene rings is 1. The van der Waals surface area contributed by atoms with E-state index < -0.39 is 0 Å². The minimum Gasteiger partial charge on any atom is -0.457 e. The number of nitrogens with zero attached hydrogens (tertiary/aromatic N) is 2. The average Bonchev–Trinajstić information content (AvgIpc) is 3.34. The van der Waals surface area contributed by atoms with E-state index in [-0.39, 0.29) is 5.78 Å². The van der Waals surface area contributed by atoms with Crippen LogP contribution in [0.25, 0.3) is 0 Å². The van der Waals surface area contributed by atoms with Crippen molar-refractivity contribution in [1.82, 2.24) is 9.97 Å². The maximum absolute atomic E-state index is 12.4. The molecule has 0 amide bonds. The van der Waals surface area contributed by atoms with Gasteiger partial charge in [0.1, 0.15) is 11.5 Å². The average molecular weight is 741 g/mol. The molecule has 0 bridgehead atoms. The summed E-state index contributed by atoms with van der Waals surface area (Å²) in [6.07, 6.45) is 0. The molecule has 54 heavy (non-hydrogen) atoms. The third-order valence-corrected chi connectivity index (χ3v) is 11.6. The highest BCUT2D eigenvalue weighted by Gasteiger charge is 2.10. The zero-order valence-electron chi connectivity index (χ0n) is 35.5. The predicted molar refractivity (Wildman–Crippen MR) is 231 cm³/mol. The summed E-state index contributed by atoms with van der Waals surface area (Å²) in [7, 11) is 0. The number of rotatable bonds is 4. The lowest BCUT2D eigenvalue weighted by molar-refractivity contribution is 0.103. The highest BCUT2D eigenvalue weighted by Crippen LogP contribution is 2.26. The second-order valence-corrected chi connectivity index (χ2v) is 16.0. The van der Waals surface area contributed by atoms with Gasteiger partial charge in [0.25, 0.3) is 0 Å². The van der Waals surface area contributed by atoms with Gasteiger partial charge in [-0.05, 0) is 203 Å². The highest BCUT2D eigenvalue weighted by molar-refractivity contribution is 7.12. The molecule has 5 heteroatoms. The van der Waals surface area contributed by atoms with E-state index in [4.69, 9.17) is 4.74 Å². The maximum atomic E-state index is 12.4. The smallest absolute Gasteiger partial charge is 0.193 e. The Hall–Kier alpha value is -4.87. The number of hydrogen-bond donors (Lipinski definition) is 0. The van der Waals surface area contributed by atoms with Crippen molar-refractivity contribution in [3.63, 3.8) is 0 Å². The SMILES string of the molecule is Cc1ccc(C(=O)c2ccc(C)c(C)c2)cc1C.Cc1ccc(Oc2ccc(C)c(C)c2)cc1C.Cc1nc(C)c(C)nc1C.Cc1sc(C)c(C)c1C. The van der Waals surface area contributed by atoms with Gasteiger partial charge in [0.2, 0.25) is 0 Å². The summed E-state index contributed by atoms with van der Waals surface area (Å²) in [6.45, 7) is 33.3. The summed E-state index contributed by atoms with van der Waals surface area (Å²) in [5.41, 5.74) is 18.4. The number of carbonyl (C=O) groups is 1. The van der Waals surface area contributed by atoms with E-state index in [1.807, 2.05) is 101 Å². The summed E-state index contributed by atoms with van der Waals surface area (Å²) >= 11 is 1.90. The van der Waals surface area contributed by atoms with Crippen LogP contribution >= 0.6 is 11.3 Å². The van der Waals surface area contributed by atoms with Crippen molar-refractivity contribution in [3.05, 3.63) is 172 Å². The number of aryl methyl sites for hydroxylation is 14. The maximum Gasteiger partial charge on any atom is 0.193 e. The van der Waals surface area contributed by atoms with E-state index in [2.05, 4.69) is 103 Å². The molecule has 0 aliphatic heterocycles. The zero-order chi connectivity index (χ0) is 40.4. The van der Waals surface area contributed by atoms with E-state index in [0.717, 1.165) is 56.5 Å². The van der Waals surface area contributed by atoms with Crippen molar-refractivity contribution >= 4 is 17.1 Å². The molecule has 2 aromatic heterocycles. The summed E-state index contributed by atoms with van der Waals surface area (Å²) in [5.74, 6) is 1.90. The number of ether oxygens (including phenoxy) is 1. The minimum atomic E-state index is 0.0983. The van der Waals surface area contributed by atoms with E-state index >= 15 is 0 Å². The monoisotopic (exact) mass is 740 g/mol. The Morgan fingerprint density at radius 2 is 0.704 bits per heavy atom. The summed E-state index contributed by atoms with van der Waals surface area (Å²) < 4.78 is 5.85. The molecule has 6 rings (SSSR count). The normalized spacial score (nSPS) is 10.3. The molecule has 0 fully saturated rings. The molecule has 0 aliphatic carbocycles. The second kappa shape index (κ2) is 19.5. The Bertz CT molecular complexity index is 2070. The van der Waals surface area contributed by atoms with Crippen LogP contribution in [0.15, 0.2) is 72.8 Å². The van der Waals surface area contributed by atoms with Crippen molar-refractivity contribution in [3.8, 4) is 11.5 Å². The molecule has 0 spiro atoms. The van der Waals surface area contributed by atoms with Gasteiger partial charge in [-0.25, -0.2) is 0 Å². The van der Waals surface area contributed by atoms with Crippen LogP contribution in [-0.2, 0) is 0 Å². The van der Waals surface area contributed by atoms with Crippen LogP contribution in [0.3, 0.4) is 0 Å². The van der Waals surface area contributed by atoms with Gasteiger partial charge < -0.3 is 4.74 Å². The van der Waals surface area contributed by atoms with Gasteiger partial charge in [0.05, 0.1) is 22.8 Å². The van der Waals surface area contributed by atoms with Crippen molar-refractivity contribution < 1.29 is 9.53 Å². The van der Waals surface area contributed by atoms with Crippen molar-refractivity contribution in [2.75, 3.05) is 0 Å². The van der Waals surface area contributed by atoms with E-state index in [1.54, 1.807) is 0 Å². The third-order valence-electron chi connectivity index (χ3n) is 10.4. The van der Waals surface area contributed by atoms with Gasteiger partial charge in [0.15, 0.2) is 5.78 Å². The molecule has 0 radical (unpaired) electrons. The van der Waals surface area contributed by atoms with Gasteiger partial charge >= 0.3 is 0 Å². The van der Waals surface area contributed by atoms with Crippen molar-refractivity contribution in [2.45, 2.75) is 111 Å². The van der Waals surface area contributed by atoms with Crippen LogP contribution in [0.2, 0.25) is 0 Å². The molecule has 6 aromatic rings. The largest absolute Gasteiger partial charge is 0.457 e. The van der Waals surface area contributed by atoms with Crippen molar-refractivity contribution in [1.29, 1.82) is 0 Å². The fraction of sp³-hybridized carbons (Fsp3) is 0.327. The van der Waals surface area contributed by atoms with E-state index in [1.165, 1.54) is 54.3 Å². The van der Waals surface area contributed by atoms with Gasteiger partial charge in [-0.15, -0.1) is 11.3 Å². The molecule has 4 aromatic carbocycles. The molecule has 0 atom stereocenters. The van der Waals surface area contributed by atoms with Crippen LogP contribution in [-0.4, -0.2) is 15.8 Å². The molecule has 284 valence electrons. The number of ketones is 1. The number of carbonyl (C=O) groups excluding carboxylic acids is 1. The standard InChI is InChI=1S/C17H18O.C16H18O.C8H12N2.C8H12S/c1-11-5-7-15(9-13(11)3)17(18)16-8-6-12(2)14(4)10-16;1-11-5-7-15(9-13(11)3)17-16-8-6-12(2)14(4)10-16;1-5-6(2)10-8(4)7(3)9-5;1-5-6(2)8(4)9-7(5)3/h5-10H,1-4H3;5-10H,1-4H3;1-4H3;1-4H3.